The summed E-state index contributed by atoms with van der Waals surface area (Å²) in [6.07, 6.45) is 1.52. The molecule has 4 nitrogen and oxygen atoms in total. The molecule has 0 aliphatic heterocycles. The van der Waals surface area contributed by atoms with Crippen LogP contribution in [0, 0.1) is 6.92 Å². The molecule has 0 saturated heterocycles. The lowest BCUT2D eigenvalue weighted by Crippen LogP contribution is -2.08. The zero-order chi connectivity index (χ0) is 13.1. The van der Waals surface area contributed by atoms with Gasteiger partial charge < -0.3 is 10.5 Å². The highest BCUT2D eigenvalue weighted by atomic mass is 79.9. The average molecular weight is 327 g/mol. The van der Waals surface area contributed by atoms with E-state index in [0.29, 0.717) is 16.9 Å². The summed E-state index contributed by atoms with van der Waals surface area (Å²) >= 11 is 4.92. The Hall–Kier alpha value is -1.40. The number of nitrogens with zero attached hydrogens (tertiary/aromatic N) is 1. The quantitative estimate of drug-likeness (QED) is 0.880. The van der Waals surface area contributed by atoms with Crippen LogP contribution in [0.4, 0.5) is 5.69 Å². The van der Waals surface area contributed by atoms with Crippen molar-refractivity contribution in [3.63, 3.8) is 0 Å². The molecule has 2 aromatic rings. The van der Waals surface area contributed by atoms with Crippen LogP contribution >= 0.6 is 27.3 Å². The lowest BCUT2D eigenvalue weighted by atomic mass is 10.2. The molecule has 0 amide bonds. The maximum absolute atomic E-state index is 11.9. The molecule has 0 unspecified atom stereocenters. The Kier molecular flexibility index (Phi) is 3.98. The minimum atomic E-state index is -0.410. The van der Waals surface area contributed by atoms with Gasteiger partial charge in [-0.15, -0.1) is 11.3 Å². The number of hydrogen-bond acceptors (Lipinski definition) is 5. The number of aryl methyl sites for hydroxylation is 1. The normalized spacial score (nSPS) is 10.3. The zero-order valence-corrected chi connectivity index (χ0v) is 12.0. The molecule has 0 fully saturated rings. The SMILES string of the molecule is Cc1ncc(N)cc1C(=O)OCc1sccc1Br. The van der Waals surface area contributed by atoms with Gasteiger partial charge >= 0.3 is 5.97 Å². The first-order chi connectivity index (χ1) is 8.58. The van der Waals surface area contributed by atoms with Gasteiger partial charge in [0.2, 0.25) is 0 Å². The summed E-state index contributed by atoms with van der Waals surface area (Å²) < 4.78 is 6.18. The molecule has 94 valence electrons. The molecule has 0 bridgehead atoms. The summed E-state index contributed by atoms with van der Waals surface area (Å²) in [5, 5.41) is 1.93. The molecule has 2 N–H and O–H groups in total. The van der Waals surface area contributed by atoms with Crippen LogP contribution in [0.1, 0.15) is 20.9 Å². The highest BCUT2D eigenvalue weighted by Crippen LogP contribution is 2.23. The molecule has 0 radical (unpaired) electrons. The second-order valence-corrected chi connectivity index (χ2v) is 5.52. The number of thiophene rings is 1. The fourth-order valence-corrected chi connectivity index (χ4v) is 2.77. The Morgan fingerprint density at radius 2 is 2.39 bits per heavy atom. The Labute approximate surface area is 117 Å². The van der Waals surface area contributed by atoms with Gasteiger partial charge in [0.15, 0.2) is 0 Å². The van der Waals surface area contributed by atoms with Crippen molar-refractivity contribution in [1.29, 1.82) is 0 Å². The number of anilines is 1. The maximum Gasteiger partial charge on any atom is 0.340 e. The fourth-order valence-electron chi connectivity index (χ4n) is 1.39. The smallest absolute Gasteiger partial charge is 0.340 e. The highest BCUT2D eigenvalue weighted by molar-refractivity contribution is 9.10. The maximum atomic E-state index is 11.9. The van der Waals surface area contributed by atoms with Crippen LogP contribution in [0.25, 0.3) is 0 Å². The minimum absolute atomic E-state index is 0.241. The molecular formula is C12H11BrN2O2S. The summed E-state index contributed by atoms with van der Waals surface area (Å²) in [7, 11) is 0. The number of ether oxygens (including phenoxy) is 1. The molecule has 0 aliphatic rings. The van der Waals surface area contributed by atoms with E-state index in [1.165, 1.54) is 17.5 Å². The highest BCUT2D eigenvalue weighted by Gasteiger charge is 2.13. The third-order valence-electron chi connectivity index (χ3n) is 2.35. The van der Waals surface area contributed by atoms with Crippen molar-refractivity contribution in [1.82, 2.24) is 4.98 Å². The summed E-state index contributed by atoms with van der Waals surface area (Å²) in [6.45, 7) is 1.99. The third-order valence-corrected chi connectivity index (χ3v) is 4.25. The van der Waals surface area contributed by atoms with Gasteiger partial charge in [0, 0.05) is 4.47 Å². The zero-order valence-electron chi connectivity index (χ0n) is 9.64. The van der Waals surface area contributed by atoms with Gasteiger partial charge in [-0.25, -0.2) is 4.79 Å². The van der Waals surface area contributed by atoms with Gasteiger partial charge in [0.1, 0.15) is 6.61 Å². The van der Waals surface area contributed by atoms with Crippen molar-refractivity contribution in [2.75, 3.05) is 5.73 Å². The molecule has 18 heavy (non-hydrogen) atoms. The van der Waals surface area contributed by atoms with Gasteiger partial charge in [-0.3, -0.25) is 4.98 Å². The van der Waals surface area contributed by atoms with E-state index >= 15 is 0 Å². The van der Waals surface area contributed by atoms with Crippen molar-refractivity contribution in [3.8, 4) is 0 Å². The topological polar surface area (TPSA) is 65.2 Å². The number of halogens is 1. The van der Waals surface area contributed by atoms with E-state index in [9.17, 15) is 4.79 Å². The van der Waals surface area contributed by atoms with E-state index in [1.54, 1.807) is 13.0 Å². The van der Waals surface area contributed by atoms with E-state index in [-0.39, 0.29) is 6.61 Å². The molecule has 2 aromatic heterocycles. The summed E-state index contributed by atoms with van der Waals surface area (Å²) in [5.74, 6) is -0.410. The molecule has 2 heterocycles. The largest absolute Gasteiger partial charge is 0.456 e. The van der Waals surface area contributed by atoms with Crippen LogP contribution in [-0.4, -0.2) is 11.0 Å². The van der Waals surface area contributed by atoms with Gasteiger partial charge in [-0.05, 0) is 40.4 Å². The van der Waals surface area contributed by atoms with E-state index in [1.807, 2.05) is 11.4 Å². The van der Waals surface area contributed by atoms with Gasteiger partial charge in [0.05, 0.1) is 28.0 Å². The van der Waals surface area contributed by atoms with Crippen LogP contribution in [0.15, 0.2) is 28.2 Å². The Balaban J connectivity index is 2.08. The number of carbonyl (C=O) groups is 1. The van der Waals surface area contributed by atoms with E-state index in [0.717, 1.165) is 9.35 Å². The number of hydrogen-bond donors (Lipinski definition) is 1. The van der Waals surface area contributed by atoms with Gasteiger partial charge in [-0.2, -0.15) is 0 Å². The third kappa shape index (κ3) is 2.88. The van der Waals surface area contributed by atoms with Crippen molar-refractivity contribution in [3.05, 3.63) is 44.3 Å². The molecule has 0 atom stereocenters. The molecule has 0 spiro atoms. The monoisotopic (exact) mass is 326 g/mol. The second-order valence-electron chi connectivity index (χ2n) is 3.67. The Bertz CT molecular complexity index is 583. The number of rotatable bonds is 3. The minimum Gasteiger partial charge on any atom is -0.456 e. The molecular weight excluding hydrogens is 316 g/mol. The molecule has 0 saturated carbocycles. The molecule has 0 aromatic carbocycles. The number of nitrogen functional groups attached to an aromatic ring is 1. The van der Waals surface area contributed by atoms with Crippen molar-refractivity contribution in [2.45, 2.75) is 13.5 Å². The Morgan fingerprint density at radius 1 is 1.61 bits per heavy atom. The second kappa shape index (κ2) is 5.49. The molecule has 0 aliphatic carbocycles. The first kappa shape index (κ1) is 13.0. The lowest BCUT2D eigenvalue weighted by Gasteiger charge is -2.06. The molecule has 2 rings (SSSR count). The molecule has 6 heteroatoms. The van der Waals surface area contributed by atoms with E-state index in [2.05, 4.69) is 20.9 Å². The number of aromatic nitrogens is 1. The van der Waals surface area contributed by atoms with Crippen LogP contribution < -0.4 is 5.73 Å². The van der Waals surface area contributed by atoms with Crippen molar-refractivity contribution < 1.29 is 9.53 Å². The predicted molar refractivity (Wildman–Crippen MR) is 74.5 cm³/mol. The van der Waals surface area contributed by atoms with Gasteiger partial charge in [-0.1, -0.05) is 0 Å². The standard InChI is InChI=1S/C12H11BrN2O2S/c1-7-9(4-8(14)5-15-7)12(16)17-6-11-10(13)2-3-18-11/h2-5H,6,14H2,1H3. The van der Waals surface area contributed by atoms with Crippen molar-refractivity contribution >= 4 is 38.9 Å². The van der Waals surface area contributed by atoms with Crippen LogP contribution in [-0.2, 0) is 11.3 Å². The lowest BCUT2D eigenvalue weighted by molar-refractivity contribution is 0.0475. The number of carbonyl (C=O) groups excluding carboxylic acids is 1. The number of esters is 1. The average Bonchev–Trinajstić information content (AvgIpc) is 2.75. The first-order valence-electron chi connectivity index (χ1n) is 5.19. The summed E-state index contributed by atoms with van der Waals surface area (Å²) in [5.41, 5.74) is 7.07. The Morgan fingerprint density at radius 3 is 3.06 bits per heavy atom. The number of nitrogens with two attached hydrogens (primary N) is 1. The van der Waals surface area contributed by atoms with Crippen LogP contribution in [0.3, 0.4) is 0 Å². The summed E-state index contributed by atoms with van der Waals surface area (Å²) in [4.78, 5) is 16.9. The van der Waals surface area contributed by atoms with E-state index in [4.69, 9.17) is 10.5 Å². The first-order valence-corrected chi connectivity index (χ1v) is 6.86. The van der Waals surface area contributed by atoms with Gasteiger partial charge in [0.25, 0.3) is 0 Å². The van der Waals surface area contributed by atoms with Crippen LogP contribution in [0.5, 0.6) is 0 Å². The van der Waals surface area contributed by atoms with Crippen molar-refractivity contribution in [2.24, 2.45) is 0 Å². The number of pyridine rings is 1. The van der Waals surface area contributed by atoms with Crippen LogP contribution in [0.2, 0.25) is 0 Å². The predicted octanol–water partition coefficient (Wildman–Crippen LogP) is 3.15. The summed E-state index contributed by atoms with van der Waals surface area (Å²) in [6, 6.07) is 3.50. The fraction of sp³-hybridized carbons (Fsp3) is 0.167. The van der Waals surface area contributed by atoms with E-state index < -0.39 is 5.97 Å².